The molecule has 1 aromatic carbocycles. The van der Waals surface area contributed by atoms with Gasteiger partial charge in [-0.3, -0.25) is 0 Å². The summed E-state index contributed by atoms with van der Waals surface area (Å²) in [5.41, 5.74) is 1.36. The molecule has 3 aromatic rings. The molecule has 0 aliphatic heterocycles. The number of rotatable bonds is 1. The Morgan fingerprint density at radius 2 is 1.77 bits per heavy atom. The van der Waals surface area contributed by atoms with E-state index in [-0.39, 0.29) is 5.69 Å². The molecule has 7 heteroatoms. The Bertz CT molecular complexity index is 814. The van der Waals surface area contributed by atoms with E-state index in [1.807, 2.05) is 20.0 Å². The quantitative estimate of drug-likeness (QED) is 0.729. The number of halogens is 2. The van der Waals surface area contributed by atoms with E-state index in [0.29, 0.717) is 15.7 Å². The van der Waals surface area contributed by atoms with E-state index in [0.717, 1.165) is 11.3 Å². The zero-order valence-electron chi connectivity index (χ0n) is 11.9. The molecule has 0 saturated heterocycles. The molecule has 0 bridgehead atoms. The first-order valence-corrected chi connectivity index (χ1v) is 7.08. The van der Waals surface area contributed by atoms with Crippen molar-refractivity contribution in [2.75, 3.05) is 0 Å². The topological polar surface area (TPSA) is 68.0 Å². The van der Waals surface area contributed by atoms with Crippen molar-refractivity contribution in [2.45, 2.75) is 6.92 Å². The van der Waals surface area contributed by atoms with Crippen LogP contribution in [0.15, 0.2) is 36.4 Å². The lowest BCUT2D eigenvalue weighted by atomic mass is 10.3. The Hall–Kier alpha value is -2.11. The highest BCUT2D eigenvalue weighted by molar-refractivity contribution is 6.34. The molecule has 0 spiro atoms. The van der Waals surface area contributed by atoms with Crippen molar-refractivity contribution in [1.29, 1.82) is 0 Å². The predicted molar refractivity (Wildman–Crippen MR) is 86.7 cm³/mol. The number of hydrogen-bond acceptors (Lipinski definition) is 3. The van der Waals surface area contributed by atoms with Crippen LogP contribution >= 0.6 is 23.2 Å². The van der Waals surface area contributed by atoms with Crippen LogP contribution in [0.2, 0.25) is 10.0 Å². The third-order valence-electron chi connectivity index (χ3n) is 2.95. The van der Waals surface area contributed by atoms with Crippen LogP contribution in [-0.2, 0) is 7.05 Å². The fraction of sp³-hybridized carbons (Fsp3) is 0.133. The third kappa shape index (κ3) is 3.75. The first kappa shape index (κ1) is 16.3. The van der Waals surface area contributed by atoms with Crippen molar-refractivity contribution in [3.05, 3.63) is 58.0 Å². The second kappa shape index (κ2) is 6.77. The zero-order valence-corrected chi connectivity index (χ0v) is 13.4. The van der Waals surface area contributed by atoms with Gasteiger partial charge in [-0.05, 0) is 37.3 Å². The summed E-state index contributed by atoms with van der Waals surface area (Å²) in [6.45, 7) is 1.85. The summed E-state index contributed by atoms with van der Waals surface area (Å²) in [7, 11) is 1.81. The van der Waals surface area contributed by atoms with Gasteiger partial charge in [-0.15, -0.1) is 0 Å². The summed E-state index contributed by atoms with van der Waals surface area (Å²) in [4.78, 5) is 18.9. The second-order valence-corrected chi connectivity index (χ2v) is 5.38. The lowest BCUT2D eigenvalue weighted by molar-refractivity contribution is 0.0691. The molecule has 3 rings (SSSR count). The fourth-order valence-electron chi connectivity index (χ4n) is 1.76. The minimum absolute atomic E-state index is 0.0421. The number of aromatic nitrogens is 3. The van der Waals surface area contributed by atoms with Gasteiger partial charge in [-0.2, -0.15) is 0 Å². The van der Waals surface area contributed by atoms with Gasteiger partial charge in [0.05, 0.1) is 0 Å². The maximum Gasteiger partial charge on any atom is 0.354 e. The maximum absolute atomic E-state index is 10.7. The molecule has 0 unspecified atom stereocenters. The van der Waals surface area contributed by atoms with Crippen molar-refractivity contribution in [3.63, 3.8) is 0 Å². The number of carboxylic acid groups (broad SMARTS) is 1. The Labute approximate surface area is 137 Å². The van der Waals surface area contributed by atoms with Crippen LogP contribution in [0.4, 0.5) is 0 Å². The number of nitrogens with zero attached hydrogens (tertiary/aromatic N) is 3. The first-order valence-electron chi connectivity index (χ1n) is 6.33. The van der Waals surface area contributed by atoms with Crippen molar-refractivity contribution in [3.8, 4) is 0 Å². The Morgan fingerprint density at radius 3 is 2.27 bits per heavy atom. The molecule has 1 N–H and O–H groups in total. The average molecular weight is 338 g/mol. The number of hydrogen-bond donors (Lipinski definition) is 1. The minimum Gasteiger partial charge on any atom is -0.477 e. The van der Waals surface area contributed by atoms with E-state index in [9.17, 15) is 4.79 Å². The van der Waals surface area contributed by atoms with E-state index in [1.165, 1.54) is 6.07 Å². The SMILES string of the molecule is Cc1nc2ccc(C(=O)O)nc2n1C.Clc1cccc(Cl)c1. The molecule has 0 amide bonds. The van der Waals surface area contributed by atoms with Crippen LogP contribution < -0.4 is 0 Å². The Kier molecular flexibility index (Phi) is 5.00. The molecule has 2 aromatic heterocycles. The standard InChI is InChI=1S/C9H9N3O2.C6H4Cl2/c1-5-10-6-3-4-7(9(13)14)11-8(6)12(5)2;7-5-2-1-3-6(8)4-5/h3-4H,1-2H3,(H,13,14);1-4H. The highest BCUT2D eigenvalue weighted by Crippen LogP contribution is 2.14. The van der Waals surface area contributed by atoms with Crippen LogP contribution in [0.5, 0.6) is 0 Å². The van der Waals surface area contributed by atoms with Crippen molar-refractivity contribution in [1.82, 2.24) is 14.5 Å². The summed E-state index contributed by atoms with van der Waals surface area (Å²) < 4.78 is 1.77. The van der Waals surface area contributed by atoms with Crippen LogP contribution in [-0.4, -0.2) is 25.6 Å². The van der Waals surface area contributed by atoms with Gasteiger partial charge in [0.1, 0.15) is 11.3 Å². The summed E-state index contributed by atoms with van der Waals surface area (Å²) >= 11 is 11.1. The maximum atomic E-state index is 10.7. The lowest BCUT2D eigenvalue weighted by Crippen LogP contribution is -2.01. The van der Waals surface area contributed by atoms with Crippen molar-refractivity contribution < 1.29 is 9.90 Å². The van der Waals surface area contributed by atoms with Crippen molar-refractivity contribution in [2.24, 2.45) is 7.05 Å². The summed E-state index contributed by atoms with van der Waals surface area (Å²) in [5.74, 6) is -0.208. The molecule has 0 atom stereocenters. The van der Waals surface area contributed by atoms with Gasteiger partial charge >= 0.3 is 5.97 Å². The third-order valence-corrected chi connectivity index (χ3v) is 3.42. The largest absolute Gasteiger partial charge is 0.477 e. The van der Waals surface area contributed by atoms with Gasteiger partial charge in [-0.25, -0.2) is 14.8 Å². The van der Waals surface area contributed by atoms with E-state index in [1.54, 1.807) is 28.8 Å². The fourth-order valence-corrected chi connectivity index (χ4v) is 2.19. The summed E-state index contributed by atoms with van der Waals surface area (Å²) in [5, 5.41) is 10.1. The highest BCUT2D eigenvalue weighted by Gasteiger charge is 2.09. The number of aromatic carboxylic acids is 1. The van der Waals surface area contributed by atoms with E-state index < -0.39 is 5.97 Å². The lowest BCUT2D eigenvalue weighted by Gasteiger charge is -1.96. The van der Waals surface area contributed by atoms with Gasteiger partial charge in [0.15, 0.2) is 11.3 Å². The molecule has 22 heavy (non-hydrogen) atoms. The van der Waals surface area contributed by atoms with Crippen molar-refractivity contribution >= 4 is 40.3 Å². The second-order valence-electron chi connectivity index (χ2n) is 4.50. The van der Waals surface area contributed by atoms with E-state index in [2.05, 4.69) is 9.97 Å². The molecule has 5 nitrogen and oxygen atoms in total. The van der Waals surface area contributed by atoms with E-state index >= 15 is 0 Å². The average Bonchev–Trinajstić information content (AvgIpc) is 2.74. The molecule has 0 fully saturated rings. The monoisotopic (exact) mass is 337 g/mol. The minimum atomic E-state index is -1.02. The summed E-state index contributed by atoms with van der Waals surface area (Å²) in [6.07, 6.45) is 0. The zero-order chi connectivity index (χ0) is 16.3. The van der Waals surface area contributed by atoms with Gasteiger partial charge in [0, 0.05) is 17.1 Å². The number of fused-ring (bicyclic) bond motifs is 1. The number of carbonyl (C=O) groups is 1. The van der Waals surface area contributed by atoms with Crippen LogP contribution in [0.25, 0.3) is 11.2 Å². The predicted octanol–water partition coefficient (Wildman–Crippen LogP) is 3.97. The number of imidazole rings is 1. The smallest absolute Gasteiger partial charge is 0.354 e. The highest BCUT2D eigenvalue weighted by atomic mass is 35.5. The van der Waals surface area contributed by atoms with Gasteiger partial charge in [0.2, 0.25) is 0 Å². The first-order chi connectivity index (χ1) is 10.4. The normalized spacial score (nSPS) is 10.2. The molecule has 114 valence electrons. The number of aryl methyl sites for hydroxylation is 2. The molecular formula is C15H13Cl2N3O2. The molecule has 2 heterocycles. The van der Waals surface area contributed by atoms with Crippen LogP contribution in [0.3, 0.4) is 0 Å². The molecule has 0 aliphatic carbocycles. The molecule has 0 saturated carbocycles. The molecular weight excluding hydrogens is 325 g/mol. The number of benzene rings is 1. The molecule has 0 aliphatic rings. The number of pyridine rings is 1. The summed E-state index contributed by atoms with van der Waals surface area (Å²) in [6, 6.07) is 10.2. The van der Waals surface area contributed by atoms with E-state index in [4.69, 9.17) is 28.3 Å². The van der Waals surface area contributed by atoms with Gasteiger partial charge in [-0.1, -0.05) is 29.3 Å². The Morgan fingerprint density at radius 1 is 1.14 bits per heavy atom. The van der Waals surface area contributed by atoms with Gasteiger partial charge < -0.3 is 9.67 Å². The van der Waals surface area contributed by atoms with Crippen LogP contribution in [0.1, 0.15) is 16.3 Å². The van der Waals surface area contributed by atoms with Gasteiger partial charge in [0.25, 0.3) is 0 Å². The van der Waals surface area contributed by atoms with Crippen LogP contribution in [0, 0.1) is 6.92 Å². The molecule has 0 radical (unpaired) electrons. The number of carboxylic acids is 1. The Balaban J connectivity index is 0.000000188.